The number of nitrogens with one attached hydrogen (secondary N) is 1. The first kappa shape index (κ1) is 29.9. The number of amides is 2. The average Bonchev–Trinajstić information content (AvgIpc) is 3.31. The van der Waals surface area contributed by atoms with Gasteiger partial charge in [-0.3, -0.25) is 19.3 Å². The van der Waals surface area contributed by atoms with Gasteiger partial charge in [-0.15, -0.1) is 0 Å². The van der Waals surface area contributed by atoms with Crippen molar-refractivity contribution < 1.29 is 19.4 Å². The highest BCUT2D eigenvalue weighted by molar-refractivity contribution is 6.34. The predicted molar refractivity (Wildman–Crippen MR) is 166 cm³/mol. The smallest absolute Gasteiger partial charge is 0.263 e. The lowest BCUT2D eigenvalue weighted by Gasteiger charge is -2.46. The summed E-state index contributed by atoms with van der Waals surface area (Å²) in [7, 11) is 1.55. The number of nitrogens with two attached hydrogens (primary N) is 1. The fourth-order valence-corrected chi connectivity index (χ4v) is 6.03. The van der Waals surface area contributed by atoms with Gasteiger partial charge in [-0.05, 0) is 24.6 Å². The zero-order valence-corrected chi connectivity index (χ0v) is 25.5. The van der Waals surface area contributed by atoms with E-state index in [1.54, 1.807) is 19.3 Å². The van der Waals surface area contributed by atoms with Crippen LogP contribution in [0.25, 0.3) is 22.2 Å². The summed E-state index contributed by atoms with van der Waals surface area (Å²) in [6.07, 6.45) is 4.44. The number of anilines is 2. The molecule has 0 unspecified atom stereocenters. The van der Waals surface area contributed by atoms with E-state index in [9.17, 15) is 19.5 Å². The highest BCUT2D eigenvalue weighted by atomic mass is 35.5. The number of rotatable bonds is 7. The van der Waals surface area contributed by atoms with E-state index in [1.807, 2.05) is 0 Å². The van der Waals surface area contributed by atoms with Gasteiger partial charge in [-0.2, -0.15) is 0 Å². The fraction of sp³-hybridized carbons (Fsp3) is 0.345. The minimum absolute atomic E-state index is 0.119. The topological polar surface area (TPSA) is 161 Å². The summed E-state index contributed by atoms with van der Waals surface area (Å²) in [6.45, 7) is 5.99. The summed E-state index contributed by atoms with van der Waals surface area (Å²) >= 11 is 12.6. The molecule has 44 heavy (non-hydrogen) atoms. The van der Waals surface area contributed by atoms with Crippen molar-refractivity contribution in [1.29, 1.82) is 0 Å². The Hall–Kier alpha value is -4.17. The number of hydrogen-bond donors (Lipinski definition) is 3. The van der Waals surface area contributed by atoms with Gasteiger partial charge in [0.05, 0.1) is 58.5 Å². The summed E-state index contributed by atoms with van der Waals surface area (Å²) in [6, 6.07) is 5.17. The third kappa shape index (κ3) is 5.47. The lowest BCUT2D eigenvalue weighted by Crippen LogP contribution is -2.59. The van der Waals surface area contributed by atoms with Crippen LogP contribution < -0.4 is 21.5 Å². The Kier molecular flexibility index (Phi) is 7.97. The molecule has 230 valence electrons. The van der Waals surface area contributed by atoms with Gasteiger partial charge in [-0.25, -0.2) is 9.97 Å². The quantitative estimate of drug-likeness (QED) is 0.275. The molecule has 2 amide bonds. The molecule has 2 saturated heterocycles. The number of piperazine rings is 1. The molecule has 4 N–H and O–H groups in total. The minimum atomic E-state index is -0.891. The zero-order chi connectivity index (χ0) is 31.3. The molecule has 6 rings (SSSR count). The number of nitrogens with zero attached hydrogens (tertiary/aromatic N) is 6. The van der Waals surface area contributed by atoms with Crippen LogP contribution in [-0.4, -0.2) is 85.9 Å². The fourth-order valence-electron chi connectivity index (χ4n) is 5.66. The van der Waals surface area contributed by atoms with Crippen LogP contribution in [-0.2, 0) is 23.1 Å². The van der Waals surface area contributed by atoms with Crippen molar-refractivity contribution in [2.75, 3.05) is 43.1 Å². The van der Waals surface area contributed by atoms with Crippen LogP contribution in [0.2, 0.25) is 10.0 Å². The first-order valence-electron chi connectivity index (χ1n) is 13.9. The second kappa shape index (κ2) is 11.7. The van der Waals surface area contributed by atoms with Crippen LogP contribution in [0.3, 0.4) is 0 Å². The molecule has 15 heteroatoms. The number of aromatic hydroxyl groups is 1. The highest BCUT2D eigenvalue weighted by Gasteiger charge is 2.33. The Morgan fingerprint density at radius 2 is 1.93 bits per heavy atom. The minimum Gasteiger partial charge on any atom is -0.506 e. The number of phenols is 1. The Labute approximate surface area is 261 Å². The number of halogens is 2. The Morgan fingerprint density at radius 3 is 2.61 bits per heavy atom. The molecule has 1 atom stereocenters. The third-order valence-corrected chi connectivity index (χ3v) is 8.69. The van der Waals surface area contributed by atoms with Gasteiger partial charge in [0.1, 0.15) is 23.8 Å². The normalized spacial score (nSPS) is 17.5. The summed E-state index contributed by atoms with van der Waals surface area (Å²) in [5.41, 5.74) is 6.19. The van der Waals surface area contributed by atoms with Crippen molar-refractivity contribution in [2.45, 2.75) is 25.6 Å². The number of carbonyl (C=O) groups excluding carboxylic acids is 2. The maximum atomic E-state index is 13.4. The summed E-state index contributed by atoms with van der Waals surface area (Å²) < 4.78 is 8.17. The maximum Gasteiger partial charge on any atom is 0.263 e. The third-order valence-electron chi connectivity index (χ3n) is 8.10. The van der Waals surface area contributed by atoms with Crippen molar-refractivity contribution in [1.82, 2.24) is 24.0 Å². The van der Waals surface area contributed by atoms with E-state index in [0.29, 0.717) is 28.7 Å². The Balaban J connectivity index is 1.27. The molecule has 2 aliphatic rings. The van der Waals surface area contributed by atoms with Gasteiger partial charge in [0.25, 0.3) is 11.5 Å². The first-order chi connectivity index (χ1) is 21.0. The lowest BCUT2D eigenvalue weighted by atomic mass is 10.0. The average molecular weight is 642 g/mol. The van der Waals surface area contributed by atoms with Crippen LogP contribution >= 0.6 is 23.2 Å². The van der Waals surface area contributed by atoms with Crippen LogP contribution in [0, 0.1) is 0 Å². The Morgan fingerprint density at radius 1 is 1.16 bits per heavy atom. The second-order valence-corrected chi connectivity index (χ2v) is 11.9. The van der Waals surface area contributed by atoms with Gasteiger partial charge >= 0.3 is 0 Å². The molecule has 0 saturated carbocycles. The van der Waals surface area contributed by atoms with Crippen LogP contribution in [0.15, 0.2) is 41.7 Å². The molecule has 2 fully saturated rings. The highest BCUT2D eigenvalue weighted by Crippen LogP contribution is 2.36. The SMILES string of the molecule is C[C@H]1CN(C2COC2)CCN1c1cc(NC(=O)Cn2cc(-c3cc(Cl)c(O)c(C(N)=O)c3)c3c(=O)n(C)cnc32)c(Cl)cn1. The zero-order valence-electron chi connectivity index (χ0n) is 24.0. The first-order valence-corrected chi connectivity index (χ1v) is 14.7. The molecule has 2 aliphatic heterocycles. The number of pyridine rings is 1. The molecule has 0 aliphatic carbocycles. The number of carbonyl (C=O) groups is 2. The molecule has 3 aromatic heterocycles. The van der Waals surface area contributed by atoms with E-state index in [-0.39, 0.29) is 44.8 Å². The van der Waals surface area contributed by atoms with E-state index in [2.05, 4.69) is 32.0 Å². The van der Waals surface area contributed by atoms with Crippen molar-refractivity contribution in [3.63, 3.8) is 0 Å². The van der Waals surface area contributed by atoms with Crippen LogP contribution in [0.1, 0.15) is 17.3 Å². The molecular weight excluding hydrogens is 611 g/mol. The van der Waals surface area contributed by atoms with Gasteiger partial charge in [0.15, 0.2) is 0 Å². The number of aromatic nitrogens is 4. The lowest BCUT2D eigenvalue weighted by molar-refractivity contribution is -0.116. The molecular formula is C29H30Cl2N8O5. The van der Waals surface area contributed by atoms with E-state index in [0.717, 1.165) is 32.8 Å². The molecule has 4 aromatic rings. The molecule has 1 aromatic carbocycles. The number of hydrogen-bond acceptors (Lipinski definition) is 9. The largest absolute Gasteiger partial charge is 0.506 e. The summed E-state index contributed by atoms with van der Waals surface area (Å²) in [5.74, 6) is -1.07. The predicted octanol–water partition coefficient (Wildman–Crippen LogP) is 2.46. The molecule has 0 bridgehead atoms. The summed E-state index contributed by atoms with van der Waals surface area (Å²) in [5, 5.41) is 13.4. The van der Waals surface area contributed by atoms with Crippen LogP contribution in [0.5, 0.6) is 5.75 Å². The van der Waals surface area contributed by atoms with Gasteiger partial charge < -0.3 is 34.9 Å². The van der Waals surface area contributed by atoms with E-state index in [4.69, 9.17) is 33.7 Å². The maximum absolute atomic E-state index is 13.4. The summed E-state index contributed by atoms with van der Waals surface area (Å²) in [4.78, 5) is 52.0. The van der Waals surface area contributed by atoms with E-state index >= 15 is 0 Å². The number of ether oxygens (including phenoxy) is 1. The van der Waals surface area contributed by atoms with Gasteiger partial charge in [0, 0.05) is 50.6 Å². The monoisotopic (exact) mass is 640 g/mol. The van der Waals surface area contributed by atoms with Gasteiger partial charge in [0.2, 0.25) is 5.91 Å². The Bertz CT molecular complexity index is 1850. The molecule has 13 nitrogen and oxygen atoms in total. The number of benzene rings is 1. The number of aryl methyl sites for hydroxylation is 1. The molecule has 0 radical (unpaired) electrons. The van der Waals surface area contributed by atoms with E-state index in [1.165, 1.54) is 33.8 Å². The van der Waals surface area contributed by atoms with Crippen molar-refractivity contribution in [3.8, 4) is 16.9 Å². The molecule has 0 spiro atoms. The van der Waals surface area contributed by atoms with Crippen molar-refractivity contribution >= 4 is 57.6 Å². The molecule has 5 heterocycles. The van der Waals surface area contributed by atoms with Crippen molar-refractivity contribution in [3.05, 3.63) is 62.9 Å². The second-order valence-electron chi connectivity index (χ2n) is 11.0. The number of primary amides is 1. The van der Waals surface area contributed by atoms with Crippen molar-refractivity contribution in [2.24, 2.45) is 12.8 Å². The van der Waals surface area contributed by atoms with E-state index < -0.39 is 17.6 Å². The van der Waals surface area contributed by atoms with Gasteiger partial charge in [-0.1, -0.05) is 23.2 Å². The standard InChI is InChI=1S/C29H30Cl2N8O5/c1-15-9-37(17-12-44-13-17)3-4-39(15)23-7-22(21(31)8-33-23)35-24(40)11-38-10-19(25-28(38)34-14-36(2)29(25)43)16-5-18(27(32)42)26(41)20(30)6-16/h5-8,10,14-15,17,41H,3-4,9,11-13H2,1-2H3,(H2,32,42)(H,33,35,40)/t15-/m0/s1. The number of fused-ring (bicyclic) bond motifs is 1. The van der Waals surface area contributed by atoms with Crippen LogP contribution in [0.4, 0.5) is 11.5 Å².